The monoisotopic (exact) mass is 238 g/mol. The molecule has 0 spiro atoms. The third-order valence-corrected chi connectivity index (χ3v) is 2.47. The fourth-order valence-corrected chi connectivity index (χ4v) is 1.56. The first-order chi connectivity index (χ1) is 8.75. The van der Waals surface area contributed by atoms with Gasteiger partial charge < -0.3 is 4.74 Å². The Kier molecular flexibility index (Phi) is 3.92. The van der Waals surface area contributed by atoms with Crippen molar-refractivity contribution in [1.82, 2.24) is 0 Å². The lowest BCUT2D eigenvalue weighted by atomic mass is 10.1. The Bertz CT molecular complexity index is 556. The smallest absolute Gasteiger partial charge is 0.188 e. The molecule has 0 aliphatic heterocycles. The van der Waals surface area contributed by atoms with E-state index in [2.05, 4.69) is 0 Å². The van der Waals surface area contributed by atoms with Crippen molar-refractivity contribution in [3.8, 4) is 5.75 Å². The van der Waals surface area contributed by atoms with Gasteiger partial charge in [-0.15, -0.1) is 0 Å². The van der Waals surface area contributed by atoms with Gasteiger partial charge in [-0.2, -0.15) is 0 Å². The quantitative estimate of drug-likeness (QED) is 0.460. The van der Waals surface area contributed by atoms with E-state index in [0.717, 1.165) is 11.3 Å². The summed E-state index contributed by atoms with van der Waals surface area (Å²) in [6.07, 6.45) is 2.85. The van der Waals surface area contributed by atoms with Gasteiger partial charge in [-0.05, 0) is 24.6 Å². The first-order valence-corrected chi connectivity index (χ1v) is 5.75. The van der Waals surface area contributed by atoms with E-state index < -0.39 is 0 Å². The summed E-state index contributed by atoms with van der Waals surface area (Å²) in [5, 5.41) is 0. The summed E-state index contributed by atoms with van der Waals surface area (Å²) in [4.78, 5) is 11.7. The van der Waals surface area contributed by atoms with Crippen molar-refractivity contribution in [1.29, 1.82) is 0 Å². The lowest BCUT2D eigenvalue weighted by Crippen LogP contribution is -1.94. The lowest BCUT2D eigenvalue weighted by molar-refractivity contribution is 0.104. The van der Waals surface area contributed by atoms with Crippen LogP contribution in [0, 0.1) is 6.92 Å². The van der Waals surface area contributed by atoms with Crippen LogP contribution in [-0.2, 0) is 0 Å². The molecule has 0 N–H and O–H groups in total. The molecule has 0 saturated heterocycles. The van der Waals surface area contributed by atoms with Crippen LogP contribution in [0.4, 0.5) is 0 Å². The van der Waals surface area contributed by atoms with E-state index >= 15 is 0 Å². The average molecular weight is 238 g/mol. The van der Waals surface area contributed by atoms with Gasteiger partial charge in [0.05, 0.1) is 6.26 Å². The topological polar surface area (TPSA) is 26.3 Å². The number of carbonyl (C=O) groups is 1. The lowest BCUT2D eigenvalue weighted by Gasteiger charge is -2.00. The minimum atomic E-state index is -0.0664. The van der Waals surface area contributed by atoms with Crippen LogP contribution in [0.25, 0.3) is 0 Å². The second-order valence-corrected chi connectivity index (χ2v) is 3.97. The molecule has 0 radical (unpaired) electrons. The SMILES string of the molecule is Cc1cccc(O/C=C/C(=O)c2ccccc2)c1. The van der Waals surface area contributed by atoms with Crippen LogP contribution >= 0.6 is 0 Å². The molecular formula is C16H14O2. The highest BCUT2D eigenvalue weighted by molar-refractivity contribution is 6.04. The Labute approximate surface area is 107 Å². The molecule has 0 bridgehead atoms. The number of ketones is 1. The summed E-state index contributed by atoms with van der Waals surface area (Å²) in [5.74, 6) is 0.662. The molecule has 0 heterocycles. The van der Waals surface area contributed by atoms with Gasteiger partial charge in [-0.1, -0.05) is 42.5 Å². The van der Waals surface area contributed by atoms with Crippen molar-refractivity contribution >= 4 is 5.78 Å². The minimum Gasteiger partial charge on any atom is -0.465 e. The van der Waals surface area contributed by atoms with E-state index in [1.807, 2.05) is 49.4 Å². The van der Waals surface area contributed by atoms with Crippen molar-refractivity contribution in [3.05, 3.63) is 78.1 Å². The first kappa shape index (κ1) is 12.1. The second kappa shape index (κ2) is 5.82. The predicted octanol–water partition coefficient (Wildman–Crippen LogP) is 3.77. The predicted molar refractivity (Wildman–Crippen MR) is 71.7 cm³/mol. The number of allylic oxidation sites excluding steroid dienone is 1. The fraction of sp³-hybridized carbons (Fsp3) is 0.0625. The van der Waals surface area contributed by atoms with Crippen LogP contribution in [0.15, 0.2) is 66.9 Å². The molecular weight excluding hydrogens is 224 g/mol. The van der Waals surface area contributed by atoms with Crippen molar-refractivity contribution in [3.63, 3.8) is 0 Å². The van der Waals surface area contributed by atoms with Gasteiger partial charge in [0, 0.05) is 11.6 Å². The summed E-state index contributed by atoms with van der Waals surface area (Å²) in [5.41, 5.74) is 1.77. The summed E-state index contributed by atoms with van der Waals surface area (Å²) in [6.45, 7) is 1.99. The fourth-order valence-electron chi connectivity index (χ4n) is 1.56. The van der Waals surface area contributed by atoms with Crippen molar-refractivity contribution in [2.75, 3.05) is 0 Å². The van der Waals surface area contributed by atoms with E-state index in [1.54, 1.807) is 12.1 Å². The third kappa shape index (κ3) is 3.32. The Balaban J connectivity index is 1.98. The number of ether oxygens (including phenoxy) is 1. The van der Waals surface area contributed by atoms with Gasteiger partial charge in [0.1, 0.15) is 5.75 Å². The van der Waals surface area contributed by atoms with E-state index in [1.165, 1.54) is 12.3 Å². The summed E-state index contributed by atoms with van der Waals surface area (Å²) in [6, 6.07) is 16.8. The summed E-state index contributed by atoms with van der Waals surface area (Å²) >= 11 is 0. The van der Waals surface area contributed by atoms with E-state index in [4.69, 9.17) is 4.74 Å². The number of rotatable bonds is 4. The standard InChI is InChI=1S/C16H14O2/c1-13-6-5-9-15(12-13)18-11-10-16(17)14-7-3-2-4-8-14/h2-12H,1H3/b11-10+. The van der Waals surface area contributed by atoms with Crippen LogP contribution in [0.2, 0.25) is 0 Å². The van der Waals surface area contributed by atoms with E-state index in [9.17, 15) is 4.79 Å². The molecule has 2 nitrogen and oxygen atoms in total. The van der Waals surface area contributed by atoms with Gasteiger partial charge in [-0.25, -0.2) is 0 Å². The molecule has 2 heteroatoms. The molecule has 0 atom stereocenters. The highest BCUT2D eigenvalue weighted by atomic mass is 16.5. The Hall–Kier alpha value is -2.35. The highest BCUT2D eigenvalue weighted by Gasteiger charge is 1.99. The van der Waals surface area contributed by atoms with Gasteiger partial charge >= 0.3 is 0 Å². The molecule has 90 valence electrons. The Morgan fingerprint density at radius 2 is 1.83 bits per heavy atom. The number of hydrogen-bond acceptors (Lipinski definition) is 2. The van der Waals surface area contributed by atoms with Crippen LogP contribution < -0.4 is 4.74 Å². The number of benzene rings is 2. The van der Waals surface area contributed by atoms with Gasteiger partial charge in [0.15, 0.2) is 5.78 Å². The van der Waals surface area contributed by atoms with Crippen molar-refractivity contribution in [2.45, 2.75) is 6.92 Å². The molecule has 0 unspecified atom stereocenters. The van der Waals surface area contributed by atoms with E-state index in [-0.39, 0.29) is 5.78 Å². The molecule has 0 aliphatic carbocycles. The summed E-state index contributed by atoms with van der Waals surface area (Å²) < 4.78 is 5.38. The second-order valence-electron chi connectivity index (χ2n) is 3.97. The Morgan fingerprint density at radius 1 is 1.06 bits per heavy atom. The van der Waals surface area contributed by atoms with Crippen LogP contribution in [0.5, 0.6) is 5.75 Å². The van der Waals surface area contributed by atoms with Crippen molar-refractivity contribution < 1.29 is 9.53 Å². The number of hydrogen-bond donors (Lipinski definition) is 0. The zero-order chi connectivity index (χ0) is 12.8. The number of carbonyl (C=O) groups excluding carboxylic acids is 1. The maximum atomic E-state index is 11.7. The first-order valence-electron chi connectivity index (χ1n) is 5.75. The zero-order valence-electron chi connectivity index (χ0n) is 10.2. The number of aryl methyl sites for hydroxylation is 1. The molecule has 2 aromatic carbocycles. The largest absolute Gasteiger partial charge is 0.465 e. The van der Waals surface area contributed by atoms with Crippen LogP contribution in [0.1, 0.15) is 15.9 Å². The normalized spacial score (nSPS) is 10.5. The molecule has 0 aliphatic rings. The minimum absolute atomic E-state index is 0.0664. The molecule has 0 amide bonds. The Morgan fingerprint density at radius 3 is 2.56 bits per heavy atom. The van der Waals surface area contributed by atoms with Crippen molar-refractivity contribution in [2.24, 2.45) is 0 Å². The third-order valence-electron chi connectivity index (χ3n) is 2.47. The molecule has 0 saturated carbocycles. The molecule has 0 aromatic heterocycles. The van der Waals surface area contributed by atoms with Crippen LogP contribution in [0.3, 0.4) is 0 Å². The maximum Gasteiger partial charge on any atom is 0.188 e. The highest BCUT2D eigenvalue weighted by Crippen LogP contribution is 2.12. The van der Waals surface area contributed by atoms with Gasteiger partial charge in [0.2, 0.25) is 0 Å². The zero-order valence-corrected chi connectivity index (χ0v) is 10.2. The van der Waals surface area contributed by atoms with E-state index in [0.29, 0.717) is 5.56 Å². The molecule has 18 heavy (non-hydrogen) atoms. The maximum absolute atomic E-state index is 11.7. The summed E-state index contributed by atoms with van der Waals surface area (Å²) in [7, 11) is 0. The molecule has 2 rings (SSSR count). The average Bonchev–Trinajstić information content (AvgIpc) is 2.40. The van der Waals surface area contributed by atoms with Crippen LogP contribution in [-0.4, -0.2) is 5.78 Å². The van der Waals surface area contributed by atoms with Gasteiger partial charge in [-0.3, -0.25) is 4.79 Å². The molecule has 2 aromatic rings. The molecule has 0 fully saturated rings. The van der Waals surface area contributed by atoms with Gasteiger partial charge in [0.25, 0.3) is 0 Å².